The van der Waals surface area contributed by atoms with Crippen molar-refractivity contribution in [3.05, 3.63) is 18.5 Å². The summed E-state index contributed by atoms with van der Waals surface area (Å²) in [5.41, 5.74) is 10.6. The summed E-state index contributed by atoms with van der Waals surface area (Å²) in [6.07, 6.45) is 2.51. The van der Waals surface area contributed by atoms with Crippen LogP contribution in [0, 0.1) is 0 Å². The topological polar surface area (TPSA) is 128 Å². The van der Waals surface area contributed by atoms with Crippen LogP contribution >= 0.6 is 0 Å². The molecule has 0 unspecified atom stereocenters. The molecule has 0 radical (unpaired) electrons. The van der Waals surface area contributed by atoms with Gasteiger partial charge in [-0.25, -0.2) is 13.2 Å². The second-order valence-corrected chi connectivity index (χ2v) is 6.38. The first kappa shape index (κ1) is 13.2. The number of nitrogens with one attached hydrogen (secondary N) is 1. The van der Waals surface area contributed by atoms with Gasteiger partial charge in [-0.3, -0.25) is 4.98 Å². The number of nitrogen functional groups attached to an aromatic ring is 1. The maximum atomic E-state index is 12.2. The van der Waals surface area contributed by atoms with Gasteiger partial charge in [0.2, 0.25) is 9.84 Å². The number of carbonyl (C=O) groups excluding carboxylic acids is 1. The molecule has 0 aliphatic carbocycles. The molecule has 1 heterocycles. The number of urea groups is 1. The summed E-state index contributed by atoms with van der Waals surface area (Å²) in [7, 11) is -3.86. The fourth-order valence-electron chi connectivity index (χ4n) is 1.25. The SMILES string of the molecule is CC(C)(NC(N)=O)S(=O)(=O)c1cnccc1N. The number of sulfone groups is 1. The predicted octanol–water partition coefficient (Wildman–Crippen LogP) is -0.158. The summed E-state index contributed by atoms with van der Waals surface area (Å²) in [5.74, 6) is 0. The monoisotopic (exact) mass is 258 g/mol. The molecule has 2 amide bonds. The van der Waals surface area contributed by atoms with Crippen LogP contribution in [0.15, 0.2) is 23.4 Å². The van der Waals surface area contributed by atoms with Gasteiger partial charge in [0.25, 0.3) is 0 Å². The molecule has 5 N–H and O–H groups in total. The van der Waals surface area contributed by atoms with Crippen LogP contribution in [0.4, 0.5) is 10.5 Å². The van der Waals surface area contributed by atoms with Crippen molar-refractivity contribution < 1.29 is 13.2 Å². The van der Waals surface area contributed by atoms with Crippen molar-refractivity contribution in [3.63, 3.8) is 0 Å². The molecule has 94 valence electrons. The number of hydrogen-bond acceptors (Lipinski definition) is 5. The smallest absolute Gasteiger partial charge is 0.313 e. The van der Waals surface area contributed by atoms with Crippen molar-refractivity contribution in [2.24, 2.45) is 5.73 Å². The lowest BCUT2D eigenvalue weighted by molar-refractivity contribution is 0.244. The molecule has 0 saturated heterocycles. The van der Waals surface area contributed by atoms with E-state index in [0.717, 1.165) is 6.20 Å². The number of anilines is 1. The number of carbonyl (C=O) groups is 1. The molecule has 0 atom stereocenters. The predicted molar refractivity (Wildman–Crippen MR) is 62.6 cm³/mol. The Kier molecular flexibility index (Phi) is 3.28. The van der Waals surface area contributed by atoms with Crippen LogP contribution in [0.5, 0.6) is 0 Å². The molecule has 17 heavy (non-hydrogen) atoms. The minimum Gasteiger partial charge on any atom is -0.398 e. The first-order valence-electron chi connectivity index (χ1n) is 4.70. The Bertz CT molecular complexity index is 539. The largest absolute Gasteiger partial charge is 0.398 e. The molecule has 0 aliphatic rings. The van der Waals surface area contributed by atoms with Crippen LogP contribution in [0.1, 0.15) is 13.8 Å². The van der Waals surface area contributed by atoms with E-state index in [0.29, 0.717) is 0 Å². The van der Waals surface area contributed by atoms with E-state index < -0.39 is 20.7 Å². The van der Waals surface area contributed by atoms with Crippen molar-refractivity contribution in [1.29, 1.82) is 0 Å². The van der Waals surface area contributed by atoms with Gasteiger partial charge in [-0.2, -0.15) is 0 Å². The van der Waals surface area contributed by atoms with Crippen LogP contribution in [0.3, 0.4) is 0 Å². The molecule has 1 aromatic heterocycles. The first-order valence-corrected chi connectivity index (χ1v) is 6.18. The number of primary amides is 1. The molecule has 0 aliphatic heterocycles. The van der Waals surface area contributed by atoms with E-state index in [-0.39, 0.29) is 10.6 Å². The Balaban J connectivity index is 3.29. The number of pyridine rings is 1. The number of aromatic nitrogens is 1. The van der Waals surface area contributed by atoms with E-state index in [9.17, 15) is 13.2 Å². The highest BCUT2D eigenvalue weighted by Gasteiger charge is 2.38. The quantitative estimate of drug-likeness (QED) is 0.694. The first-order chi connectivity index (χ1) is 7.68. The van der Waals surface area contributed by atoms with Gasteiger partial charge in [0.05, 0.1) is 5.69 Å². The molecule has 0 fully saturated rings. The standard InChI is InChI=1S/C9H14N4O3S/c1-9(2,13-8(11)14)17(15,16)7-5-12-4-3-6(7)10/h3-5H,1-2H3,(H2,10,12)(H3,11,13,14). The fraction of sp³-hybridized carbons (Fsp3) is 0.333. The van der Waals surface area contributed by atoms with Crippen molar-refractivity contribution in [3.8, 4) is 0 Å². The van der Waals surface area contributed by atoms with E-state index >= 15 is 0 Å². The average molecular weight is 258 g/mol. The van der Waals surface area contributed by atoms with E-state index in [1.807, 2.05) is 0 Å². The molecule has 0 saturated carbocycles. The van der Waals surface area contributed by atoms with Gasteiger partial charge in [-0.1, -0.05) is 0 Å². The van der Waals surface area contributed by atoms with E-state index in [4.69, 9.17) is 11.5 Å². The minimum absolute atomic E-state index is 0.0688. The highest BCUT2D eigenvalue weighted by Crippen LogP contribution is 2.26. The normalized spacial score (nSPS) is 12.1. The summed E-state index contributed by atoms with van der Waals surface area (Å²) in [6.45, 7) is 2.64. The van der Waals surface area contributed by atoms with Gasteiger partial charge in [0.1, 0.15) is 9.77 Å². The van der Waals surface area contributed by atoms with Crippen LogP contribution in [0.25, 0.3) is 0 Å². The van der Waals surface area contributed by atoms with Crippen LogP contribution in [-0.2, 0) is 9.84 Å². The highest BCUT2D eigenvalue weighted by atomic mass is 32.2. The number of amides is 2. The number of nitrogens with two attached hydrogens (primary N) is 2. The highest BCUT2D eigenvalue weighted by molar-refractivity contribution is 7.93. The lowest BCUT2D eigenvalue weighted by Crippen LogP contribution is -2.51. The molecular weight excluding hydrogens is 244 g/mol. The zero-order valence-electron chi connectivity index (χ0n) is 9.47. The lowest BCUT2D eigenvalue weighted by atomic mass is 10.4. The van der Waals surface area contributed by atoms with Crippen molar-refractivity contribution in [1.82, 2.24) is 10.3 Å². The van der Waals surface area contributed by atoms with Gasteiger partial charge in [-0.05, 0) is 19.9 Å². The van der Waals surface area contributed by atoms with Crippen LogP contribution in [-0.4, -0.2) is 24.3 Å². The molecular formula is C9H14N4O3S. The van der Waals surface area contributed by atoms with Crippen LogP contribution < -0.4 is 16.8 Å². The second kappa shape index (κ2) is 4.21. The van der Waals surface area contributed by atoms with Gasteiger partial charge in [0.15, 0.2) is 0 Å². The maximum absolute atomic E-state index is 12.2. The Hall–Kier alpha value is -1.83. The van der Waals surface area contributed by atoms with Gasteiger partial charge in [-0.15, -0.1) is 0 Å². The Morgan fingerprint density at radius 1 is 1.47 bits per heavy atom. The summed E-state index contributed by atoms with van der Waals surface area (Å²) in [5, 5.41) is 2.15. The molecule has 8 heteroatoms. The Morgan fingerprint density at radius 2 is 2.06 bits per heavy atom. The summed E-state index contributed by atoms with van der Waals surface area (Å²) >= 11 is 0. The fourth-order valence-corrected chi connectivity index (χ4v) is 2.62. The van der Waals surface area contributed by atoms with Gasteiger partial charge in [0, 0.05) is 12.4 Å². The Labute approximate surface area is 99.1 Å². The van der Waals surface area contributed by atoms with E-state index in [1.165, 1.54) is 26.1 Å². The summed E-state index contributed by atoms with van der Waals surface area (Å²) in [4.78, 5) is 12.8. The molecule has 1 rings (SSSR count). The van der Waals surface area contributed by atoms with E-state index in [2.05, 4.69) is 10.3 Å². The zero-order chi connectivity index (χ0) is 13.3. The van der Waals surface area contributed by atoms with Crippen molar-refractivity contribution in [2.45, 2.75) is 23.6 Å². The number of rotatable bonds is 3. The van der Waals surface area contributed by atoms with Gasteiger partial charge >= 0.3 is 6.03 Å². The van der Waals surface area contributed by atoms with Gasteiger partial charge < -0.3 is 16.8 Å². The van der Waals surface area contributed by atoms with E-state index in [1.54, 1.807) is 0 Å². The third-order valence-electron chi connectivity index (χ3n) is 2.20. The third kappa shape index (κ3) is 2.47. The van der Waals surface area contributed by atoms with Crippen molar-refractivity contribution >= 4 is 21.6 Å². The zero-order valence-corrected chi connectivity index (χ0v) is 10.3. The van der Waals surface area contributed by atoms with Crippen molar-refractivity contribution in [2.75, 3.05) is 5.73 Å². The molecule has 0 spiro atoms. The molecule has 0 aromatic carbocycles. The molecule has 1 aromatic rings. The molecule has 0 bridgehead atoms. The summed E-state index contributed by atoms with van der Waals surface area (Å²) in [6, 6.07) is 0.439. The maximum Gasteiger partial charge on any atom is 0.313 e. The Morgan fingerprint density at radius 3 is 2.53 bits per heavy atom. The number of hydrogen-bond donors (Lipinski definition) is 3. The average Bonchev–Trinajstić information content (AvgIpc) is 2.15. The third-order valence-corrected chi connectivity index (χ3v) is 4.57. The molecule has 7 nitrogen and oxygen atoms in total. The summed E-state index contributed by atoms with van der Waals surface area (Å²) < 4.78 is 24.4. The van der Waals surface area contributed by atoms with Crippen LogP contribution in [0.2, 0.25) is 0 Å². The lowest BCUT2D eigenvalue weighted by Gasteiger charge is -2.25. The second-order valence-electron chi connectivity index (χ2n) is 3.92. The minimum atomic E-state index is -3.86. The number of nitrogens with zero attached hydrogens (tertiary/aromatic N) is 1.